The number of anilines is 6. The number of hydrogen-bond acceptors (Lipinski definition) is 7. The Labute approximate surface area is 317 Å². The first-order valence-corrected chi connectivity index (χ1v) is 17.8. The summed E-state index contributed by atoms with van der Waals surface area (Å²) in [7, 11) is 0. The van der Waals surface area contributed by atoms with Crippen LogP contribution >= 0.6 is 0 Å². The van der Waals surface area contributed by atoms with Gasteiger partial charge in [-0.3, -0.25) is 0 Å². The summed E-state index contributed by atoms with van der Waals surface area (Å²) in [4.78, 5) is 24.8. The van der Waals surface area contributed by atoms with E-state index in [1.807, 2.05) is 6.07 Å². The van der Waals surface area contributed by atoms with Gasteiger partial charge >= 0.3 is 5.95 Å². The highest BCUT2D eigenvalue weighted by Crippen LogP contribution is 2.63. The Bertz CT molecular complexity index is 2540. The van der Waals surface area contributed by atoms with Crippen molar-refractivity contribution in [1.82, 2.24) is 19.9 Å². The number of hydrogen-bond donors (Lipinski definition) is 0. The first-order valence-electron chi connectivity index (χ1n) is 17.8. The van der Waals surface area contributed by atoms with Crippen LogP contribution in [0.1, 0.15) is 28.1 Å². The third kappa shape index (κ3) is 4.83. The summed E-state index contributed by atoms with van der Waals surface area (Å²) in [5.41, 5.74) is 14.3. The maximum atomic E-state index is 9.17. The zero-order chi connectivity index (χ0) is 36.9. The summed E-state index contributed by atoms with van der Waals surface area (Å²) in [6, 6.07) is 53.9. The average Bonchev–Trinajstić information content (AvgIpc) is 3.27. The molecule has 6 aromatic carbocycles. The van der Waals surface area contributed by atoms with E-state index in [1.165, 1.54) is 22.3 Å². The zero-order valence-corrected chi connectivity index (χ0v) is 29.2. The fourth-order valence-electron chi connectivity index (χ4n) is 8.30. The highest BCUT2D eigenvalue weighted by atomic mass is 15.2. The molecule has 4 heterocycles. The van der Waals surface area contributed by atoms with E-state index in [-0.39, 0.29) is 11.8 Å². The minimum absolute atomic E-state index is 0.137. The van der Waals surface area contributed by atoms with Crippen molar-refractivity contribution >= 4 is 40.1 Å². The summed E-state index contributed by atoms with van der Waals surface area (Å²) in [5.74, 6) is 0.289. The van der Waals surface area contributed by atoms with Gasteiger partial charge in [-0.25, -0.2) is 9.97 Å². The van der Waals surface area contributed by atoms with Crippen LogP contribution in [0.15, 0.2) is 170 Å². The van der Waals surface area contributed by atoms with Crippen LogP contribution in [0.3, 0.4) is 0 Å². The molecule has 8 aromatic rings. The molecule has 0 saturated heterocycles. The number of para-hydroxylation sites is 4. The molecule has 0 amide bonds. The number of benzene rings is 6. The molecule has 0 radical (unpaired) electrons. The Kier molecular flexibility index (Phi) is 7.29. The summed E-state index contributed by atoms with van der Waals surface area (Å²) < 4.78 is 0. The van der Waals surface area contributed by atoms with Crippen molar-refractivity contribution in [2.75, 3.05) is 9.80 Å². The lowest BCUT2D eigenvalue weighted by Crippen LogP contribution is -2.41. The van der Waals surface area contributed by atoms with Crippen molar-refractivity contribution in [3.05, 3.63) is 210 Å². The molecule has 1 spiro atoms. The Morgan fingerprint density at radius 2 is 0.800 bits per heavy atom. The Morgan fingerprint density at radius 3 is 1.15 bits per heavy atom. The van der Waals surface area contributed by atoms with Crippen LogP contribution < -0.4 is 9.80 Å². The van der Waals surface area contributed by atoms with Crippen molar-refractivity contribution in [2.24, 2.45) is 0 Å². The second-order valence-corrected chi connectivity index (χ2v) is 13.4. The van der Waals surface area contributed by atoms with Crippen molar-refractivity contribution in [2.45, 2.75) is 5.41 Å². The van der Waals surface area contributed by atoms with Crippen LogP contribution in [0.25, 0.3) is 27.1 Å². The second-order valence-electron chi connectivity index (χ2n) is 13.4. The van der Waals surface area contributed by atoms with Crippen LogP contribution in [-0.2, 0) is 5.41 Å². The predicted molar refractivity (Wildman–Crippen MR) is 214 cm³/mol. The van der Waals surface area contributed by atoms with E-state index < -0.39 is 5.41 Å². The van der Waals surface area contributed by atoms with Crippen LogP contribution in [0, 0.1) is 17.9 Å². The molecule has 0 atom stereocenters. The predicted octanol–water partition coefficient (Wildman–Crippen LogP) is 11.0. The molecule has 0 unspecified atom stereocenters. The van der Waals surface area contributed by atoms with Gasteiger partial charge in [-0.2, -0.15) is 15.2 Å². The fourth-order valence-corrected chi connectivity index (χ4v) is 8.30. The van der Waals surface area contributed by atoms with Crippen molar-refractivity contribution in [1.29, 1.82) is 5.26 Å². The van der Waals surface area contributed by atoms with Gasteiger partial charge in [0.15, 0.2) is 0 Å². The van der Waals surface area contributed by atoms with Crippen LogP contribution in [0.2, 0.25) is 0 Å². The molecule has 55 heavy (non-hydrogen) atoms. The van der Waals surface area contributed by atoms with Crippen LogP contribution in [-0.4, -0.2) is 19.9 Å². The third-order valence-electron chi connectivity index (χ3n) is 10.6. The molecular formula is C47H28N8. The zero-order valence-electron chi connectivity index (χ0n) is 29.2. The maximum absolute atomic E-state index is 9.17. The largest absolute Gasteiger partial charge is 0.394 e. The molecule has 2 aromatic heterocycles. The van der Waals surface area contributed by atoms with E-state index in [2.05, 4.69) is 180 Å². The molecule has 8 heteroatoms. The van der Waals surface area contributed by atoms with E-state index in [4.69, 9.17) is 6.57 Å². The van der Waals surface area contributed by atoms with Crippen molar-refractivity contribution < 1.29 is 0 Å². The number of nitriles is 1. The minimum atomic E-state index is -0.630. The van der Waals surface area contributed by atoms with Crippen LogP contribution in [0.4, 0.5) is 40.1 Å². The Morgan fingerprint density at radius 1 is 0.455 bits per heavy atom. The molecule has 2 aliphatic rings. The second kappa shape index (κ2) is 12.6. The molecule has 0 fully saturated rings. The monoisotopic (exact) mass is 704 g/mol. The fraction of sp³-hybridized carbons (Fsp3) is 0.0213. The number of aromatic nitrogens is 4. The lowest BCUT2D eigenvalue weighted by Gasteiger charge is -2.51. The van der Waals surface area contributed by atoms with E-state index in [0.29, 0.717) is 0 Å². The van der Waals surface area contributed by atoms with Crippen molar-refractivity contribution in [3.8, 4) is 28.3 Å². The summed E-state index contributed by atoms with van der Waals surface area (Å²) in [6.45, 7) is 7.21. The number of fused-ring (bicyclic) bond motifs is 8. The average molecular weight is 705 g/mol. The summed E-state index contributed by atoms with van der Waals surface area (Å²) >= 11 is 0. The highest BCUT2D eigenvalue weighted by Gasteiger charge is 2.51. The number of nitrogens with zero attached hydrogens (tertiary/aromatic N) is 8. The van der Waals surface area contributed by atoms with E-state index >= 15 is 0 Å². The smallest absolute Gasteiger partial charge is 0.371 e. The maximum Gasteiger partial charge on any atom is 0.371 e. The Hall–Kier alpha value is -7.94. The van der Waals surface area contributed by atoms with Gasteiger partial charge in [0.2, 0.25) is 5.82 Å². The quantitative estimate of drug-likeness (QED) is 0.169. The van der Waals surface area contributed by atoms with Gasteiger partial charge in [0.05, 0.1) is 40.6 Å². The normalized spacial score (nSPS) is 13.1. The first kappa shape index (κ1) is 31.8. The molecule has 8 nitrogen and oxygen atoms in total. The molecule has 0 bridgehead atoms. The SMILES string of the molecule is [C-]#[N+]c1ncc(-c2ccc(N3c4ccccc4C4(c5ccccc5N(c5ccc(-c6cnc(C#N)nc6)cc5)c5ccccc54)c4ccccc43)cc2)cn1. The molecule has 0 N–H and O–H groups in total. The lowest BCUT2D eigenvalue weighted by molar-refractivity contribution is 0.719. The lowest BCUT2D eigenvalue weighted by atomic mass is 9.60. The molecular weight excluding hydrogens is 677 g/mol. The van der Waals surface area contributed by atoms with Crippen LogP contribution in [0.5, 0.6) is 0 Å². The van der Waals surface area contributed by atoms with Gasteiger partial charge < -0.3 is 14.6 Å². The molecule has 256 valence electrons. The minimum Gasteiger partial charge on any atom is -0.394 e. The number of rotatable bonds is 4. The highest BCUT2D eigenvalue weighted by molar-refractivity contribution is 5.96. The van der Waals surface area contributed by atoms with E-state index in [1.54, 1.807) is 24.8 Å². The topological polar surface area (TPSA) is 86.2 Å². The van der Waals surface area contributed by atoms with E-state index in [0.717, 1.165) is 56.4 Å². The van der Waals surface area contributed by atoms with Gasteiger partial charge in [-0.15, -0.1) is 6.57 Å². The Balaban J connectivity index is 1.14. The van der Waals surface area contributed by atoms with Crippen molar-refractivity contribution in [3.63, 3.8) is 0 Å². The first-order chi connectivity index (χ1) is 27.2. The van der Waals surface area contributed by atoms with Gasteiger partial charge in [-0.1, -0.05) is 97.1 Å². The van der Waals surface area contributed by atoms with E-state index in [9.17, 15) is 5.26 Å². The van der Waals surface area contributed by atoms with Gasteiger partial charge in [0.1, 0.15) is 6.07 Å². The third-order valence-corrected chi connectivity index (χ3v) is 10.6. The molecule has 0 saturated carbocycles. The van der Waals surface area contributed by atoms with Gasteiger partial charge in [0, 0.05) is 34.9 Å². The standard InChI is InChI=1S/C47H28N8/c1-49-46-52-29-34(30-53-46)32-20-24-36(25-21-32)55-43-16-8-4-12-39(43)47(40-13-5-9-17-44(40)55)37-10-2-6-14-41(37)54(42-15-7-3-11-38(42)47)35-22-18-31(19-23-35)33-27-50-45(26-48)51-28-33/h2-25,27-30H. The molecule has 2 aliphatic heterocycles. The van der Waals surface area contributed by atoms with Gasteiger partial charge in [-0.05, 0) is 81.9 Å². The molecule has 10 rings (SSSR count). The molecule has 0 aliphatic carbocycles. The van der Waals surface area contributed by atoms with Gasteiger partial charge in [0.25, 0.3) is 0 Å². The summed E-state index contributed by atoms with van der Waals surface area (Å²) in [5, 5.41) is 9.17. The summed E-state index contributed by atoms with van der Waals surface area (Å²) in [6.07, 6.45) is 6.78.